The van der Waals surface area contributed by atoms with Crippen LogP contribution in [0.4, 0.5) is 0 Å². The number of pyridine rings is 1. The smallest absolute Gasteiger partial charge is 0.259 e. The van der Waals surface area contributed by atoms with E-state index in [2.05, 4.69) is 4.98 Å². The Balaban J connectivity index is 1.98. The first-order valence-electron chi connectivity index (χ1n) is 5.21. The average molecular weight is 270 g/mol. The number of rotatable bonds is 3. The third-order valence-electron chi connectivity index (χ3n) is 2.50. The number of carbonyl (C=O) groups is 1. The lowest BCUT2D eigenvalue weighted by molar-refractivity contribution is -0.167. The third-order valence-corrected chi connectivity index (χ3v) is 5.77. The number of nitrogens with zero attached hydrogens (tertiary/aromatic N) is 2. The van der Waals surface area contributed by atoms with E-state index in [0.717, 1.165) is 11.3 Å². The number of thioether (sulfide) groups is 2. The van der Waals surface area contributed by atoms with Gasteiger partial charge >= 0.3 is 0 Å². The lowest BCUT2D eigenvalue weighted by atomic mass is 10.3. The van der Waals surface area contributed by atoms with Crippen molar-refractivity contribution in [3.63, 3.8) is 0 Å². The quantitative estimate of drug-likeness (QED) is 0.785. The van der Waals surface area contributed by atoms with Gasteiger partial charge in [0.2, 0.25) is 0 Å². The predicted molar refractivity (Wildman–Crippen MR) is 70.6 cm³/mol. The van der Waals surface area contributed by atoms with Gasteiger partial charge in [-0.2, -0.15) is 0 Å². The molecule has 1 fully saturated rings. The minimum atomic E-state index is -0.0323. The predicted octanol–water partition coefficient (Wildman–Crippen LogP) is 1.95. The highest BCUT2D eigenvalue weighted by Gasteiger charge is 2.34. The van der Waals surface area contributed by atoms with Crippen molar-refractivity contribution in [3.8, 4) is 0 Å². The van der Waals surface area contributed by atoms with Crippen LogP contribution in [0.15, 0.2) is 24.5 Å². The SMILES string of the molecule is CON(C)C(=O)C1CSC(c2cccnc2)S1. The molecule has 2 rings (SSSR count). The maximum absolute atomic E-state index is 11.9. The lowest BCUT2D eigenvalue weighted by Crippen LogP contribution is -2.33. The Bertz CT molecular complexity index is 388. The topological polar surface area (TPSA) is 42.4 Å². The van der Waals surface area contributed by atoms with E-state index >= 15 is 0 Å². The molecule has 4 nitrogen and oxygen atoms in total. The first-order valence-corrected chi connectivity index (χ1v) is 7.20. The van der Waals surface area contributed by atoms with Gasteiger partial charge in [0.15, 0.2) is 0 Å². The second-order valence-electron chi connectivity index (χ2n) is 3.59. The van der Waals surface area contributed by atoms with Gasteiger partial charge in [-0.1, -0.05) is 6.07 Å². The van der Waals surface area contributed by atoms with Crippen molar-refractivity contribution in [3.05, 3.63) is 30.1 Å². The molecule has 2 heterocycles. The average Bonchev–Trinajstić information content (AvgIpc) is 2.87. The summed E-state index contributed by atoms with van der Waals surface area (Å²) in [6.07, 6.45) is 3.62. The molecule has 0 radical (unpaired) electrons. The molecule has 2 atom stereocenters. The van der Waals surface area contributed by atoms with Gasteiger partial charge in [-0.05, 0) is 11.6 Å². The molecule has 0 N–H and O–H groups in total. The van der Waals surface area contributed by atoms with E-state index in [1.165, 1.54) is 12.2 Å². The number of amides is 1. The highest BCUT2D eigenvalue weighted by atomic mass is 32.2. The molecule has 1 amide bonds. The summed E-state index contributed by atoms with van der Waals surface area (Å²) in [5.41, 5.74) is 1.16. The molecule has 92 valence electrons. The van der Waals surface area contributed by atoms with Gasteiger partial charge in [-0.15, -0.1) is 23.5 Å². The van der Waals surface area contributed by atoms with Crippen LogP contribution in [0.3, 0.4) is 0 Å². The van der Waals surface area contributed by atoms with E-state index in [1.54, 1.807) is 36.8 Å². The number of carbonyl (C=O) groups excluding carboxylic acids is 1. The molecule has 6 heteroatoms. The van der Waals surface area contributed by atoms with Crippen LogP contribution < -0.4 is 0 Å². The van der Waals surface area contributed by atoms with E-state index in [-0.39, 0.29) is 11.2 Å². The summed E-state index contributed by atoms with van der Waals surface area (Å²) in [6, 6.07) is 3.97. The fourth-order valence-electron chi connectivity index (χ4n) is 1.51. The zero-order valence-corrected chi connectivity index (χ0v) is 11.3. The van der Waals surface area contributed by atoms with Crippen LogP contribution in [0.5, 0.6) is 0 Å². The maximum Gasteiger partial charge on any atom is 0.259 e. The second-order valence-corrected chi connectivity index (χ2v) is 6.34. The Morgan fingerprint density at radius 3 is 3.12 bits per heavy atom. The van der Waals surface area contributed by atoms with Crippen LogP contribution in [0.2, 0.25) is 0 Å². The number of hydroxylamine groups is 2. The standard InChI is InChI=1S/C11H14N2O2S2/c1-13(15-2)10(14)9-7-16-11(17-9)8-4-3-5-12-6-8/h3-6,9,11H,7H2,1-2H3. The summed E-state index contributed by atoms with van der Waals surface area (Å²) in [5.74, 6) is 0.841. The van der Waals surface area contributed by atoms with Gasteiger partial charge in [-0.3, -0.25) is 14.6 Å². The van der Waals surface area contributed by atoms with E-state index in [0.29, 0.717) is 4.58 Å². The molecule has 1 aliphatic heterocycles. The van der Waals surface area contributed by atoms with E-state index < -0.39 is 0 Å². The molecule has 0 aliphatic carbocycles. The largest absolute Gasteiger partial charge is 0.275 e. The Hall–Kier alpha value is -0.720. The van der Waals surface area contributed by atoms with Crippen molar-refractivity contribution in [2.45, 2.75) is 9.83 Å². The molecule has 1 saturated heterocycles. The first-order chi connectivity index (χ1) is 8.22. The van der Waals surface area contributed by atoms with Gasteiger partial charge in [-0.25, -0.2) is 5.06 Å². The Kier molecular flexibility index (Phi) is 4.31. The molecular weight excluding hydrogens is 256 g/mol. The fourth-order valence-corrected chi connectivity index (χ4v) is 4.70. The molecule has 0 aromatic carbocycles. The van der Waals surface area contributed by atoms with Crippen LogP contribution in [0.1, 0.15) is 10.1 Å². The van der Waals surface area contributed by atoms with E-state index in [9.17, 15) is 4.79 Å². The van der Waals surface area contributed by atoms with Crippen LogP contribution in [0.25, 0.3) is 0 Å². The minimum absolute atomic E-state index is 0.0244. The van der Waals surface area contributed by atoms with Crippen molar-refractivity contribution in [2.24, 2.45) is 0 Å². The summed E-state index contributed by atoms with van der Waals surface area (Å²) >= 11 is 3.45. The lowest BCUT2D eigenvalue weighted by Gasteiger charge is -2.17. The van der Waals surface area contributed by atoms with Crippen molar-refractivity contribution < 1.29 is 9.63 Å². The van der Waals surface area contributed by atoms with Gasteiger partial charge in [0.1, 0.15) is 0 Å². The van der Waals surface area contributed by atoms with Crippen LogP contribution >= 0.6 is 23.5 Å². The van der Waals surface area contributed by atoms with Gasteiger partial charge in [0, 0.05) is 25.2 Å². The number of hydrogen-bond donors (Lipinski definition) is 0. The number of hydrogen-bond acceptors (Lipinski definition) is 5. The van der Waals surface area contributed by atoms with Gasteiger partial charge in [0.25, 0.3) is 5.91 Å². The molecule has 2 unspecified atom stereocenters. The Morgan fingerprint density at radius 1 is 1.65 bits per heavy atom. The minimum Gasteiger partial charge on any atom is -0.275 e. The van der Waals surface area contributed by atoms with Crippen molar-refractivity contribution in [1.29, 1.82) is 0 Å². The highest BCUT2D eigenvalue weighted by molar-refractivity contribution is 8.20. The zero-order chi connectivity index (χ0) is 12.3. The van der Waals surface area contributed by atoms with E-state index in [4.69, 9.17) is 4.84 Å². The molecule has 1 aromatic heterocycles. The monoisotopic (exact) mass is 270 g/mol. The van der Waals surface area contributed by atoms with Gasteiger partial charge in [0.05, 0.1) is 16.9 Å². The third kappa shape index (κ3) is 2.94. The summed E-state index contributed by atoms with van der Waals surface area (Å²) < 4.78 is 0.294. The second kappa shape index (κ2) is 5.75. The molecule has 1 aromatic rings. The zero-order valence-electron chi connectivity index (χ0n) is 9.70. The summed E-state index contributed by atoms with van der Waals surface area (Å²) in [5, 5.41) is 1.26. The fraction of sp³-hybridized carbons (Fsp3) is 0.455. The van der Waals surface area contributed by atoms with Crippen molar-refractivity contribution >= 4 is 29.4 Å². The Labute approximate surface area is 109 Å². The first kappa shape index (κ1) is 12.7. The molecule has 17 heavy (non-hydrogen) atoms. The normalized spacial score (nSPS) is 23.6. The molecule has 0 saturated carbocycles. The van der Waals surface area contributed by atoms with E-state index in [1.807, 2.05) is 18.3 Å². The summed E-state index contributed by atoms with van der Waals surface area (Å²) in [7, 11) is 3.15. The highest BCUT2D eigenvalue weighted by Crippen LogP contribution is 2.49. The number of aromatic nitrogens is 1. The van der Waals surface area contributed by atoms with Crippen LogP contribution in [-0.4, -0.2) is 41.1 Å². The molecule has 0 bridgehead atoms. The molecule has 1 aliphatic rings. The van der Waals surface area contributed by atoms with Gasteiger partial charge < -0.3 is 0 Å². The Morgan fingerprint density at radius 2 is 2.47 bits per heavy atom. The molecular formula is C11H14N2O2S2. The molecule has 0 spiro atoms. The van der Waals surface area contributed by atoms with Crippen LogP contribution in [-0.2, 0) is 9.63 Å². The van der Waals surface area contributed by atoms with Crippen molar-refractivity contribution in [2.75, 3.05) is 19.9 Å². The maximum atomic E-state index is 11.9. The summed E-state index contributed by atoms with van der Waals surface area (Å²) in [4.78, 5) is 20.9. The van der Waals surface area contributed by atoms with Crippen LogP contribution in [0, 0.1) is 0 Å². The van der Waals surface area contributed by atoms with Crippen molar-refractivity contribution in [1.82, 2.24) is 10.0 Å². The summed E-state index contributed by atoms with van der Waals surface area (Å²) in [6.45, 7) is 0.